The molecular formula is C15H16N2O4. The van der Waals surface area contributed by atoms with Crippen LogP contribution in [0.4, 0.5) is 0 Å². The topological polar surface area (TPSA) is 80.6 Å². The van der Waals surface area contributed by atoms with Crippen molar-refractivity contribution in [3.63, 3.8) is 0 Å². The number of methoxy groups -OCH3 is 1. The first-order valence-corrected chi connectivity index (χ1v) is 6.36. The Kier molecular flexibility index (Phi) is 4.61. The van der Waals surface area contributed by atoms with Gasteiger partial charge in [0.1, 0.15) is 5.75 Å². The predicted octanol–water partition coefficient (Wildman–Crippen LogP) is 1.60. The van der Waals surface area contributed by atoms with E-state index in [1.165, 1.54) is 12.3 Å². The number of aryl methyl sites for hydroxylation is 1. The van der Waals surface area contributed by atoms with Crippen LogP contribution >= 0.6 is 0 Å². The molecule has 21 heavy (non-hydrogen) atoms. The number of hydrazine groups is 1. The zero-order valence-corrected chi connectivity index (χ0v) is 11.8. The molecule has 1 aromatic heterocycles. The maximum absolute atomic E-state index is 11.9. The van der Waals surface area contributed by atoms with Crippen LogP contribution in [-0.2, 0) is 11.2 Å². The van der Waals surface area contributed by atoms with Crippen molar-refractivity contribution in [1.82, 2.24) is 10.9 Å². The largest absolute Gasteiger partial charge is 0.496 e. The van der Waals surface area contributed by atoms with Crippen LogP contribution in [0.2, 0.25) is 0 Å². The predicted molar refractivity (Wildman–Crippen MR) is 75.8 cm³/mol. The van der Waals surface area contributed by atoms with Gasteiger partial charge in [0.2, 0.25) is 5.91 Å². The van der Waals surface area contributed by atoms with E-state index >= 15 is 0 Å². The molecule has 0 aliphatic carbocycles. The van der Waals surface area contributed by atoms with Crippen LogP contribution < -0.4 is 15.6 Å². The molecule has 2 amide bonds. The summed E-state index contributed by atoms with van der Waals surface area (Å²) in [6.07, 6.45) is 1.48. The van der Waals surface area contributed by atoms with Gasteiger partial charge >= 0.3 is 5.91 Å². The SMILES string of the molecule is COc1ccc(C)cc1CC(=O)NNC(=O)c1ccco1. The average Bonchev–Trinajstić information content (AvgIpc) is 2.99. The Hall–Kier alpha value is -2.76. The molecule has 0 saturated carbocycles. The van der Waals surface area contributed by atoms with Gasteiger partial charge < -0.3 is 9.15 Å². The molecule has 2 aromatic rings. The zero-order valence-electron chi connectivity index (χ0n) is 11.8. The van der Waals surface area contributed by atoms with Gasteiger partial charge in [0.25, 0.3) is 0 Å². The van der Waals surface area contributed by atoms with Crippen molar-refractivity contribution < 1.29 is 18.7 Å². The van der Waals surface area contributed by atoms with Gasteiger partial charge in [0, 0.05) is 5.56 Å². The third kappa shape index (κ3) is 3.85. The number of carbonyl (C=O) groups excluding carboxylic acids is 2. The molecular weight excluding hydrogens is 272 g/mol. The molecule has 0 saturated heterocycles. The molecule has 1 aromatic carbocycles. The molecule has 2 N–H and O–H groups in total. The van der Waals surface area contributed by atoms with Gasteiger partial charge in [0.15, 0.2) is 5.76 Å². The lowest BCUT2D eigenvalue weighted by molar-refractivity contribution is -0.121. The average molecular weight is 288 g/mol. The summed E-state index contributed by atoms with van der Waals surface area (Å²) in [5.74, 6) is -0.0973. The van der Waals surface area contributed by atoms with E-state index in [2.05, 4.69) is 10.9 Å². The maximum Gasteiger partial charge on any atom is 0.305 e. The lowest BCUT2D eigenvalue weighted by atomic mass is 10.1. The molecule has 0 fully saturated rings. The molecule has 0 radical (unpaired) electrons. The highest BCUT2D eigenvalue weighted by molar-refractivity contribution is 5.93. The standard InChI is InChI=1S/C15H16N2O4/c1-10-5-6-12(20-2)11(8-10)9-14(18)16-17-15(19)13-4-3-7-21-13/h3-8H,9H2,1-2H3,(H,16,18)(H,17,19). The van der Waals surface area contributed by atoms with E-state index in [0.29, 0.717) is 5.75 Å². The number of amides is 2. The first kappa shape index (κ1) is 14.6. The van der Waals surface area contributed by atoms with Gasteiger partial charge in [-0.1, -0.05) is 17.7 Å². The molecule has 0 aliphatic rings. The van der Waals surface area contributed by atoms with Crippen molar-refractivity contribution in [2.75, 3.05) is 7.11 Å². The summed E-state index contributed by atoms with van der Waals surface area (Å²) in [5, 5.41) is 0. The fraction of sp³-hybridized carbons (Fsp3) is 0.200. The Bertz CT molecular complexity index is 635. The van der Waals surface area contributed by atoms with Crippen molar-refractivity contribution in [2.45, 2.75) is 13.3 Å². The Balaban J connectivity index is 1.93. The fourth-order valence-corrected chi connectivity index (χ4v) is 1.86. The lowest BCUT2D eigenvalue weighted by Gasteiger charge is -2.10. The van der Waals surface area contributed by atoms with Crippen LogP contribution in [-0.4, -0.2) is 18.9 Å². The number of ether oxygens (including phenoxy) is 1. The summed E-state index contributed by atoms with van der Waals surface area (Å²) >= 11 is 0. The summed E-state index contributed by atoms with van der Waals surface area (Å²) in [4.78, 5) is 23.4. The second-order valence-electron chi connectivity index (χ2n) is 4.47. The normalized spacial score (nSPS) is 10.0. The van der Waals surface area contributed by atoms with Gasteiger partial charge in [0.05, 0.1) is 19.8 Å². The van der Waals surface area contributed by atoms with Gasteiger partial charge in [-0.15, -0.1) is 0 Å². The van der Waals surface area contributed by atoms with Crippen molar-refractivity contribution in [2.24, 2.45) is 0 Å². The Labute approximate surface area is 122 Å². The smallest absolute Gasteiger partial charge is 0.305 e. The van der Waals surface area contributed by atoms with Gasteiger partial charge in [-0.25, -0.2) is 0 Å². The second-order valence-corrected chi connectivity index (χ2v) is 4.47. The van der Waals surface area contributed by atoms with Crippen LogP contribution in [0.15, 0.2) is 41.0 Å². The Morgan fingerprint density at radius 1 is 1.24 bits per heavy atom. The highest BCUT2D eigenvalue weighted by atomic mass is 16.5. The van der Waals surface area contributed by atoms with E-state index in [4.69, 9.17) is 9.15 Å². The molecule has 6 heteroatoms. The molecule has 110 valence electrons. The van der Waals surface area contributed by atoms with Crippen molar-refractivity contribution in [3.05, 3.63) is 53.5 Å². The third-order valence-corrected chi connectivity index (χ3v) is 2.85. The van der Waals surface area contributed by atoms with Crippen LogP contribution in [0.25, 0.3) is 0 Å². The van der Waals surface area contributed by atoms with Gasteiger partial charge in [-0.2, -0.15) is 0 Å². The highest BCUT2D eigenvalue weighted by Crippen LogP contribution is 2.19. The van der Waals surface area contributed by atoms with E-state index in [0.717, 1.165) is 11.1 Å². The first-order chi connectivity index (χ1) is 10.1. The number of benzene rings is 1. The van der Waals surface area contributed by atoms with E-state index in [1.54, 1.807) is 19.2 Å². The first-order valence-electron chi connectivity index (χ1n) is 6.36. The molecule has 6 nitrogen and oxygen atoms in total. The molecule has 2 rings (SSSR count). The summed E-state index contributed by atoms with van der Waals surface area (Å²) in [6, 6.07) is 8.67. The zero-order chi connectivity index (χ0) is 15.2. The summed E-state index contributed by atoms with van der Waals surface area (Å²) in [5.41, 5.74) is 6.40. The molecule has 0 unspecified atom stereocenters. The minimum Gasteiger partial charge on any atom is -0.496 e. The number of hydrogen-bond donors (Lipinski definition) is 2. The van der Waals surface area contributed by atoms with Crippen LogP contribution in [0, 0.1) is 6.92 Å². The lowest BCUT2D eigenvalue weighted by Crippen LogP contribution is -2.42. The number of hydrogen-bond acceptors (Lipinski definition) is 4. The van der Waals surface area contributed by atoms with Crippen molar-refractivity contribution >= 4 is 11.8 Å². The summed E-state index contributed by atoms with van der Waals surface area (Å²) in [6.45, 7) is 1.93. The van der Waals surface area contributed by atoms with Gasteiger partial charge in [-0.3, -0.25) is 20.4 Å². The van der Waals surface area contributed by atoms with Gasteiger partial charge in [-0.05, 0) is 25.1 Å². The summed E-state index contributed by atoms with van der Waals surface area (Å²) < 4.78 is 10.1. The Morgan fingerprint density at radius 3 is 2.71 bits per heavy atom. The van der Waals surface area contributed by atoms with E-state index in [9.17, 15) is 9.59 Å². The molecule has 1 heterocycles. The van der Waals surface area contributed by atoms with E-state index in [1.807, 2.05) is 19.1 Å². The van der Waals surface area contributed by atoms with Crippen LogP contribution in [0.1, 0.15) is 21.7 Å². The van der Waals surface area contributed by atoms with Crippen LogP contribution in [0.3, 0.4) is 0 Å². The molecule has 0 aliphatic heterocycles. The molecule has 0 bridgehead atoms. The maximum atomic E-state index is 11.9. The number of rotatable bonds is 4. The van der Waals surface area contributed by atoms with E-state index < -0.39 is 5.91 Å². The molecule has 0 spiro atoms. The van der Waals surface area contributed by atoms with Crippen molar-refractivity contribution in [3.8, 4) is 5.75 Å². The number of furan rings is 1. The van der Waals surface area contributed by atoms with Crippen LogP contribution in [0.5, 0.6) is 5.75 Å². The second kappa shape index (κ2) is 6.60. The number of carbonyl (C=O) groups is 2. The summed E-state index contributed by atoms with van der Waals surface area (Å²) in [7, 11) is 1.55. The minimum atomic E-state index is -0.510. The minimum absolute atomic E-state index is 0.100. The third-order valence-electron chi connectivity index (χ3n) is 2.85. The monoisotopic (exact) mass is 288 g/mol. The molecule has 0 atom stereocenters. The fourth-order valence-electron chi connectivity index (χ4n) is 1.86. The number of nitrogens with one attached hydrogen (secondary N) is 2. The Morgan fingerprint density at radius 2 is 2.05 bits per heavy atom. The van der Waals surface area contributed by atoms with Crippen molar-refractivity contribution in [1.29, 1.82) is 0 Å². The van der Waals surface area contributed by atoms with E-state index in [-0.39, 0.29) is 18.1 Å². The highest BCUT2D eigenvalue weighted by Gasteiger charge is 2.12. The quantitative estimate of drug-likeness (QED) is 0.837.